The van der Waals surface area contributed by atoms with Crippen molar-refractivity contribution in [2.45, 2.75) is 64.9 Å². The number of hydrogen-bond acceptors (Lipinski definition) is 2. The van der Waals surface area contributed by atoms with Gasteiger partial charge in [-0.25, -0.2) is 0 Å². The Kier molecular flexibility index (Phi) is 2.58. The van der Waals surface area contributed by atoms with E-state index in [0.29, 0.717) is 5.92 Å². The standard InChI is InChI=1S/C14H23NO/c1-11-7-12(2,3)9-14(16,8-11)13(10-15)5-4-6-13/h11,16H,4-9H2,1-3H3. The molecule has 2 aliphatic rings. The third-order valence-corrected chi connectivity index (χ3v) is 4.67. The normalized spacial score (nSPS) is 40.8. The Hall–Kier alpha value is -0.550. The molecule has 2 aliphatic carbocycles. The monoisotopic (exact) mass is 221 g/mol. The van der Waals surface area contributed by atoms with Gasteiger partial charge < -0.3 is 5.11 Å². The van der Waals surface area contributed by atoms with Gasteiger partial charge in [-0.2, -0.15) is 5.26 Å². The highest BCUT2D eigenvalue weighted by molar-refractivity contribution is 5.18. The highest BCUT2D eigenvalue weighted by Crippen LogP contribution is 2.58. The molecule has 0 amide bonds. The van der Waals surface area contributed by atoms with Crippen molar-refractivity contribution in [3.8, 4) is 6.07 Å². The van der Waals surface area contributed by atoms with Crippen LogP contribution >= 0.6 is 0 Å². The molecule has 2 rings (SSSR count). The lowest BCUT2D eigenvalue weighted by molar-refractivity contribution is -0.152. The molecule has 90 valence electrons. The molecule has 0 spiro atoms. The van der Waals surface area contributed by atoms with Gasteiger partial charge in [0.2, 0.25) is 0 Å². The van der Waals surface area contributed by atoms with Crippen molar-refractivity contribution in [1.82, 2.24) is 0 Å². The van der Waals surface area contributed by atoms with Gasteiger partial charge in [0.15, 0.2) is 0 Å². The molecule has 0 aromatic rings. The second-order valence-electron chi connectivity index (χ2n) is 6.93. The first-order chi connectivity index (χ1) is 7.33. The molecule has 0 saturated heterocycles. The largest absolute Gasteiger partial charge is 0.388 e. The van der Waals surface area contributed by atoms with Crippen LogP contribution in [0.5, 0.6) is 0 Å². The summed E-state index contributed by atoms with van der Waals surface area (Å²) in [5, 5.41) is 20.3. The van der Waals surface area contributed by atoms with Gasteiger partial charge in [-0.3, -0.25) is 0 Å². The number of nitriles is 1. The van der Waals surface area contributed by atoms with Crippen molar-refractivity contribution >= 4 is 0 Å². The van der Waals surface area contributed by atoms with E-state index in [1.807, 2.05) is 0 Å². The van der Waals surface area contributed by atoms with Crippen LogP contribution in [0, 0.1) is 28.1 Å². The van der Waals surface area contributed by atoms with E-state index < -0.39 is 11.0 Å². The van der Waals surface area contributed by atoms with Crippen molar-refractivity contribution in [2.75, 3.05) is 0 Å². The van der Waals surface area contributed by atoms with Crippen LogP contribution in [0.4, 0.5) is 0 Å². The molecular formula is C14H23NO. The van der Waals surface area contributed by atoms with Gasteiger partial charge in [0.25, 0.3) is 0 Å². The van der Waals surface area contributed by atoms with Crippen LogP contribution in [0.2, 0.25) is 0 Å². The molecule has 0 heterocycles. The summed E-state index contributed by atoms with van der Waals surface area (Å²) in [6, 6.07) is 2.43. The van der Waals surface area contributed by atoms with Gasteiger partial charge in [0.05, 0.1) is 17.1 Å². The molecular weight excluding hydrogens is 198 g/mol. The molecule has 0 bridgehead atoms. The number of aliphatic hydroxyl groups is 1. The summed E-state index contributed by atoms with van der Waals surface area (Å²) >= 11 is 0. The van der Waals surface area contributed by atoms with Crippen molar-refractivity contribution < 1.29 is 5.11 Å². The molecule has 2 nitrogen and oxygen atoms in total. The van der Waals surface area contributed by atoms with Crippen LogP contribution in [0.1, 0.15) is 59.3 Å². The lowest BCUT2D eigenvalue weighted by atomic mass is 9.51. The average molecular weight is 221 g/mol. The number of rotatable bonds is 1. The fourth-order valence-corrected chi connectivity index (χ4v) is 4.10. The summed E-state index contributed by atoms with van der Waals surface area (Å²) in [5.41, 5.74) is -0.994. The second kappa shape index (κ2) is 3.47. The summed E-state index contributed by atoms with van der Waals surface area (Å²) in [4.78, 5) is 0. The van der Waals surface area contributed by atoms with Gasteiger partial charge in [-0.05, 0) is 43.4 Å². The molecule has 2 fully saturated rings. The average Bonchev–Trinajstić information content (AvgIpc) is 1.95. The molecule has 0 aromatic heterocycles. The summed E-state index contributed by atoms with van der Waals surface area (Å²) in [6.07, 6.45) is 5.65. The smallest absolute Gasteiger partial charge is 0.0860 e. The Morgan fingerprint density at radius 3 is 2.25 bits per heavy atom. The van der Waals surface area contributed by atoms with Gasteiger partial charge in [-0.15, -0.1) is 0 Å². The van der Waals surface area contributed by atoms with E-state index in [1.54, 1.807) is 0 Å². The Balaban J connectivity index is 2.27. The van der Waals surface area contributed by atoms with E-state index >= 15 is 0 Å². The Morgan fingerprint density at radius 1 is 1.25 bits per heavy atom. The minimum Gasteiger partial charge on any atom is -0.388 e. The minimum absolute atomic E-state index is 0.172. The van der Waals surface area contributed by atoms with E-state index in [-0.39, 0.29) is 5.41 Å². The first-order valence-corrected chi connectivity index (χ1v) is 6.46. The Bertz CT molecular complexity index is 324. The van der Waals surface area contributed by atoms with Crippen LogP contribution in [0.15, 0.2) is 0 Å². The zero-order valence-corrected chi connectivity index (χ0v) is 10.7. The summed E-state index contributed by atoms with van der Waals surface area (Å²) in [5.74, 6) is 0.527. The summed E-state index contributed by atoms with van der Waals surface area (Å²) in [7, 11) is 0. The predicted octanol–water partition coefficient (Wildman–Crippen LogP) is 3.26. The Labute approximate surface area is 98.7 Å². The maximum absolute atomic E-state index is 10.9. The third-order valence-electron chi connectivity index (χ3n) is 4.67. The maximum Gasteiger partial charge on any atom is 0.0860 e. The highest BCUT2D eigenvalue weighted by Gasteiger charge is 2.58. The zero-order chi connectivity index (χ0) is 12.0. The molecule has 0 radical (unpaired) electrons. The predicted molar refractivity (Wildman–Crippen MR) is 63.6 cm³/mol. The van der Waals surface area contributed by atoms with E-state index in [1.165, 1.54) is 0 Å². The quantitative estimate of drug-likeness (QED) is 0.738. The van der Waals surface area contributed by atoms with E-state index in [4.69, 9.17) is 0 Å². The van der Waals surface area contributed by atoms with E-state index in [9.17, 15) is 10.4 Å². The lowest BCUT2D eigenvalue weighted by Crippen LogP contribution is -2.56. The Morgan fingerprint density at radius 2 is 1.88 bits per heavy atom. The molecule has 2 heteroatoms. The minimum atomic E-state index is -0.735. The zero-order valence-electron chi connectivity index (χ0n) is 10.7. The molecule has 0 aromatic carbocycles. The molecule has 2 atom stereocenters. The second-order valence-corrected chi connectivity index (χ2v) is 6.93. The molecule has 2 unspecified atom stereocenters. The molecule has 0 aliphatic heterocycles. The topological polar surface area (TPSA) is 44.0 Å². The fraction of sp³-hybridized carbons (Fsp3) is 0.929. The molecule has 1 N–H and O–H groups in total. The van der Waals surface area contributed by atoms with Crippen molar-refractivity contribution in [1.29, 1.82) is 5.26 Å². The van der Waals surface area contributed by atoms with Gasteiger partial charge in [-0.1, -0.05) is 27.2 Å². The molecule has 16 heavy (non-hydrogen) atoms. The van der Waals surface area contributed by atoms with E-state index in [0.717, 1.165) is 38.5 Å². The van der Waals surface area contributed by atoms with Crippen molar-refractivity contribution in [3.05, 3.63) is 0 Å². The van der Waals surface area contributed by atoms with Crippen LogP contribution in [0.25, 0.3) is 0 Å². The first kappa shape index (κ1) is 11.9. The highest BCUT2D eigenvalue weighted by atomic mass is 16.3. The lowest BCUT2D eigenvalue weighted by Gasteiger charge is -2.55. The third kappa shape index (κ3) is 1.66. The van der Waals surface area contributed by atoms with Gasteiger partial charge >= 0.3 is 0 Å². The summed E-state index contributed by atoms with van der Waals surface area (Å²) < 4.78 is 0. The van der Waals surface area contributed by atoms with Crippen LogP contribution in [-0.4, -0.2) is 10.7 Å². The molecule has 2 saturated carbocycles. The SMILES string of the molecule is CC1CC(C)(C)CC(O)(C2(C#N)CCC2)C1. The van der Waals surface area contributed by atoms with Crippen LogP contribution in [0.3, 0.4) is 0 Å². The fourth-order valence-electron chi connectivity index (χ4n) is 4.10. The number of nitrogens with zero attached hydrogens (tertiary/aromatic N) is 1. The van der Waals surface area contributed by atoms with Crippen molar-refractivity contribution in [2.24, 2.45) is 16.7 Å². The van der Waals surface area contributed by atoms with Crippen LogP contribution in [-0.2, 0) is 0 Å². The van der Waals surface area contributed by atoms with Crippen molar-refractivity contribution in [3.63, 3.8) is 0 Å². The number of hydrogen-bond donors (Lipinski definition) is 1. The maximum atomic E-state index is 10.9. The summed E-state index contributed by atoms with van der Waals surface area (Å²) in [6.45, 7) is 6.64. The van der Waals surface area contributed by atoms with E-state index in [2.05, 4.69) is 26.8 Å². The first-order valence-electron chi connectivity index (χ1n) is 6.46. The van der Waals surface area contributed by atoms with Gasteiger partial charge in [0, 0.05) is 0 Å². The van der Waals surface area contributed by atoms with Crippen LogP contribution < -0.4 is 0 Å². The van der Waals surface area contributed by atoms with Gasteiger partial charge in [0.1, 0.15) is 0 Å².